The molecule has 2 heterocycles. The number of anilines is 1. The lowest BCUT2D eigenvalue weighted by molar-refractivity contribution is 0.582. The van der Waals surface area contributed by atoms with E-state index in [2.05, 4.69) is 39.7 Å². The quantitative estimate of drug-likeness (QED) is 0.798. The molecule has 1 aromatic rings. The summed E-state index contributed by atoms with van der Waals surface area (Å²) in [6.45, 7) is 4.05. The van der Waals surface area contributed by atoms with Gasteiger partial charge in [0.2, 0.25) is 11.9 Å². The standard InChI is InChI=1S/C11H17N5S/c1-7-5-6-9(17-7)14-10-12-8(2)13-11(15-10)16(3)4/h5-6,8H,1-4H3,(H2,12,13,14,15). The second-order valence-corrected chi connectivity index (χ2v) is 5.40. The third-order valence-electron chi connectivity index (χ3n) is 2.26. The van der Waals surface area contributed by atoms with E-state index in [1.807, 2.05) is 25.9 Å². The van der Waals surface area contributed by atoms with Gasteiger partial charge in [-0.15, -0.1) is 11.3 Å². The maximum atomic E-state index is 4.41. The fourth-order valence-corrected chi connectivity index (χ4v) is 2.24. The van der Waals surface area contributed by atoms with Gasteiger partial charge < -0.3 is 10.2 Å². The molecule has 1 unspecified atom stereocenters. The van der Waals surface area contributed by atoms with Crippen molar-refractivity contribution in [3.8, 4) is 0 Å². The van der Waals surface area contributed by atoms with Crippen LogP contribution in [0.4, 0.5) is 5.00 Å². The van der Waals surface area contributed by atoms with Crippen LogP contribution in [0, 0.1) is 6.92 Å². The first-order valence-corrected chi connectivity index (χ1v) is 6.29. The third-order valence-corrected chi connectivity index (χ3v) is 3.18. The van der Waals surface area contributed by atoms with Crippen LogP contribution >= 0.6 is 11.3 Å². The van der Waals surface area contributed by atoms with Crippen LogP contribution < -0.4 is 10.6 Å². The molecule has 1 aliphatic heterocycles. The van der Waals surface area contributed by atoms with Crippen LogP contribution in [0.1, 0.15) is 11.8 Å². The first-order valence-electron chi connectivity index (χ1n) is 5.48. The zero-order valence-electron chi connectivity index (χ0n) is 10.5. The molecule has 17 heavy (non-hydrogen) atoms. The molecular weight excluding hydrogens is 234 g/mol. The Bertz CT molecular complexity index is 460. The van der Waals surface area contributed by atoms with Crippen molar-refractivity contribution in [3.05, 3.63) is 17.0 Å². The molecule has 0 saturated heterocycles. The molecule has 0 fully saturated rings. The highest BCUT2D eigenvalue weighted by atomic mass is 32.1. The first kappa shape index (κ1) is 11.9. The summed E-state index contributed by atoms with van der Waals surface area (Å²) in [5.41, 5.74) is 0. The lowest BCUT2D eigenvalue weighted by atomic mass is 10.5. The molecule has 0 bridgehead atoms. The number of thiophene rings is 1. The minimum Gasteiger partial charge on any atom is -0.349 e. The van der Waals surface area contributed by atoms with Crippen molar-refractivity contribution < 1.29 is 0 Å². The summed E-state index contributed by atoms with van der Waals surface area (Å²) in [7, 11) is 3.91. The molecule has 1 aromatic heterocycles. The molecule has 2 rings (SSSR count). The smallest absolute Gasteiger partial charge is 0.205 e. The Hall–Kier alpha value is -1.56. The van der Waals surface area contributed by atoms with Crippen LogP contribution in [-0.4, -0.2) is 37.1 Å². The number of guanidine groups is 2. The van der Waals surface area contributed by atoms with Gasteiger partial charge in [0, 0.05) is 19.0 Å². The minimum absolute atomic E-state index is 0.0581. The minimum atomic E-state index is -0.0581. The van der Waals surface area contributed by atoms with E-state index in [0.717, 1.165) is 16.9 Å². The van der Waals surface area contributed by atoms with Gasteiger partial charge >= 0.3 is 0 Å². The summed E-state index contributed by atoms with van der Waals surface area (Å²) in [6, 6.07) is 4.14. The van der Waals surface area contributed by atoms with Gasteiger partial charge in [-0.25, -0.2) is 9.98 Å². The summed E-state index contributed by atoms with van der Waals surface area (Å²) < 4.78 is 0. The summed E-state index contributed by atoms with van der Waals surface area (Å²) in [6.07, 6.45) is -0.0581. The van der Waals surface area contributed by atoms with Crippen LogP contribution in [0.25, 0.3) is 0 Å². The average molecular weight is 251 g/mol. The Morgan fingerprint density at radius 1 is 1.35 bits per heavy atom. The number of nitrogens with one attached hydrogen (secondary N) is 2. The van der Waals surface area contributed by atoms with Crippen molar-refractivity contribution in [3.63, 3.8) is 0 Å². The van der Waals surface area contributed by atoms with Crippen molar-refractivity contribution >= 4 is 28.3 Å². The number of nitrogens with zero attached hydrogens (tertiary/aromatic N) is 3. The van der Waals surface area contributed by atoms with E-state index in [4.69, 9.17) is 0 Å². The Labute approximate surface area is 105 Å². The monoisotopic (exact) mass is 251 g/mol. The Morgan fingerprint density at radius 2 is 2.12 bits per heavy atom. The molecule has 0 spiro atoms. The van der Waals surface area contributed by atoms with E-state index in [9.17, 15) is 0 Å². The summed E-state index contributed by atoms with van der Waals surface area (Å²) in [5, 5.41) is 7.51. The Morgan fingerprint density at radius 3 is 2.71 bits per heavy atom. The van der Waals surface area contributed by atoms with E-state index >= 15 is 0 Å². The number of rotatable bonds is 1. The molecule has 0 radical (unpaired) electrons. The largest absolute Gasteiger partial charge is 0.349 e. The maximum Gasteiger partial charge on any atom is 0.205 e. The molecule has 0 aliphatic carbocycles. The Balaban J connectivity index is 2.08. The lowest BCUT2D eigenvalue weighted by Gasteiger charge is -2.23. The van der Waals surface area contributed by atoms with Gasteiger partial charge in [-0.3, -0.25) is 5.32 Å². The second-order valence-electron chi connectivity index (χ2n) is 4.12. The normalized spacial score (nSPS) is 19.2. The summed E-state index contributed by atoms with van der Waals surface area (Å²) >= 11 is 1.71. The highest BCUT2D eigenvalue weighted by Gasteiger charge is 2.14. The molecular formula is C11H17N5S. The predicted octanol–water partition coefficient (Wildman–Crippen LogP) is 1.69. The topological polar surface area (TPSA) is 52.0 Å². The highest BCUT2D eigenvalue weighted by molar-refractivity contribution is 7.16. The number of hydrogen-bond acceptors (Lipinski definition) is 6. The zero-order chi connectivity index (χ0) is 12.4. The van der Waals surface area contributed by atoms with E-state index < -0.39 is 0 Å². The predicted molar refractivity (Wildman–Crippen MR) is 73.8 cm³/mol. The molecule has 92 valence electrons. The van der Waals surface area contributed by atoms with Crippen molar-refractivity contribution in [1.29, 1.82) is 0 Å². The maximum absolute atomic E-state index is 4.41. The van der Waals surface area contributed by atoms with Crippen LogP contribution in [0.15, 0.2) is 22.1 Å². The fraction of sp³-hybridized carbons (Fsp3) is 0.455. The van der Waals surface area contributed by atoms with Gasteiger partial charge in [-0.05, 0) is 26.0 Å². The molecule has 0 aromatic carbocycles. The first-order chi connectivity index (χ1) is 8.04. The van der Waals surface area contributed by atoms with Gasteiger partial charge in [0.25, 0.3) is 0 Å². The highest BCUT2D eigenvalue weighted by Crippen LogP contribution is 2.20. The fourth-order valence-electron chi connectivity index (χ4n) is 1.47. The lowest BCUT2D eigenvalue weighted by Crippen LogP contribution is -2.46. The number of aryl methyl sites for hydroxylation is 1. The van der Waals surface area contributed by atoms with Crippen LogP contribution in [0.2, 0.25) is 0 Å². The molecule has 1 aliphatic rings. The zero-order valence-corrected chi connectivity index (χ0v) is 11.3. The van der Waals surface area contributed by atoms with Gasteiger partial charge in [0.15, 0.2) is 0 Å². The van der Waals surface area contributed by atoms with E-state index in [-0.39, 0.29) is 6.17 Å². The van der Waals surface area contributed by atoms with Crippen molar-refractivity contribution in [2.45, 2.75) is 20.0 Å². The molecule has 2 N–H and O–H groups in total. The van der Waals surface area contributed by atoms with E-state index in [1.165, 1.54) is 4.88 Å². The molecule has 0 saturated carbocycles. The van der Waals surface area contributed by atoms with Crippen molar-refractivity contribution in [2.75, 3.05) is 19.4 Å². The van der Waals surface area contributed by atoms with Crippen LogP contribution in [0.5, 0.6) is 0 Å². The van der Waals surface area contributed by atoms with Gasteiger partial charge in [0.1, 0.15) is 6.17 Å². The van der Waals surface area contributed by atoms with Crippen molar-refractivity contribution in [1.82, 2.24) is 10.2 Å². The summed E-state index contributed by atoms with van der Waals surface area (Å²) in [4.78, 5) is 12.0. The van der Waals surface area contributed by atoms with Gasteiger partial charge in [-0.2, -0.15) is 0 Å². The SMILES string of the molecule is Cc1ccc(NC2=NC(C)N=C(N(C)C)N2)s1. The molecule has 0 amide bonds. The third kappa shape index (κ3) is 2.97. The average Bonchev–Trinajstić information content (AvgIpc) is 2.63. The van der Waals surface area contributed by atoms with E-state index in [1.54, 1.807) is 11.3 Å². The molecule has 5 nitrogen and oxygen atoms in total. The number of hydrogen-bond donors (Lipinski definition) is 2. The summed E-state index contributed by atoms with van der Waals surface area (Å²) in [5.74, 6) is 1.57. The Kier molecular flexibility index (Phi) is 3.33. The van der Waals surface area contributed by atoms with Gasteiger partial charge in [0.05, 0.1) is 5.00 Å². The van der Waals surface area contributed by atoms with Crippen molar-refractivity contribution in [2.24, 2.45) is 9.98 Å². The number of aliphatic imine (C=N–C) groups is 2. The second kappa shape index (κ2) is 4.75. The van der Waals surface area contributed by atoms with Crippen LogP contribution in [0.3, 0.4) is 0 Å². The van der Waals surface area contributed by atoms with Crippen LogP contribution in [-0.2, 0) is 0 Å². The molecule has 6 heteroatoms. The molecule has 1 atom stereocenters. The van der Waals surface area contributed by atoms with E-state index in [0.29, 0.717) is 0 Å². The van der Waals surface area contributed by atoms with Gasteiger partial charge in [-0.1, -0.05) is 0 Å².